The van der Waals surface area contributed by atoms with Crippen molar-refractivity contribution < 1.29 is 0 Å². The Morgan fingerprint density at radius 2 is 2.28 bits per heavy atom. The number of thiophene rings is 1. The largest absolute Gasteiger partial charge is 0.368 e. The maximum Gasteiger partial charge on any atom is 0.199 e. The highest BCUT2D eigenvalue weighted by Gasteiger charge is 2.03. The van der Waals surface area contributed by atoms with Gasteiger partial charge in [0.1, 0.15) is 5.82 Å². The van der Waals surface area contributed by atoms with E-state index in [1.165, 1.54) is 4.88 Å². The Hall–Kier alpha value is -1.73. The van der Waals surface area contributed by atoms with Gasteiger partial charge >= 0.3 is 0 Å². The smallest absolute Gasteiger partial charge is 0.199 e. The summed E-state index contributed by atoms with van der Waals surface area (Å²) in [6, 6.07) is 3.94. The fourth-order valence-electron chi connectivity index (χ4n) is 1.60. The van der Waals surface area contributed by atoms with Crippen molar-refractivity contribution in [3.63, 3.8) is 0 Å². The average molecular weight is 281 g/mol. The Morgan fingerprint density at radius 1 is 1.33 bits per heavy atom. The zero-order valence-corrected chi connectivity index (χ0v) is 10.8. The molecule has 0 aliphatic rings. The second-order valence-corrected chi connectivity index (χ2v) is 5.42. The Balaban J connectivity index is 1.68. The molecule has 0 saturated carbocycles. The molecule has 92 valence electrons. The maximum absolute atomic E-state index is 5.88. The molecular formula is C10H9ClN6S. The molecule has 0 radical (unpaired) electrons. The van der Waals surface area contributed by atoms with Crippen LogP contribution in [0.5, 0.6) is 0 Å². The Morgan fingerprint density at radius 3 is 3.11 bits per heavy atom. The van der Waals surface area contributed by atoms with Gasteiger partial charge in [0.05, 0.1) is 16.7 Å². The van der Waals surface area contributed by atoms with Crippen molar-refractivity contribution in [2.24, 2.45) is 0 Å². The molecule has 0 fully saturated rings. The Labute approximate surface area is 112 Å². The number of rotatable bonds is 4. The molecule has 3 aromatic heterocycles. The SMILES string of the molecule is Clc1ccc(CCNc2cncc3nnnn23)s1. The first kappa shape index (κ1) is 11.4. The first-order valence-corrected chi connectivity index (χ1v) is 6.52. The zero-order chi connectivity index (χ0) is 12.4. The summed E-state index contributed by atoms with van der Waals surface area (Å²) in [5, 5.41) is 14.6. The fraction of sp³-hybridized carbons (Fsp3) is 0.200. The monoisotopic (exact) mass is 280 g/mol. The summed E-state index contributed by atoms with van der Waals surface area (Å²) < 4.78 is 2.43. The number of hydrogen-bond acceptors (Lipinski definition) is 6. The van der Waals surface area contributed by atoms with Gasteiger partial charge in [0.15, 0.2) is 5.65 Å². The van der Waals surface area contributed by atoms with Gasteiger partial charge in [-0.3, -0.25) is 4.98 Å². The van der Waals surface area contributed by atoms with E-state index < -0.39 is 0 Å². The number of tetrazole rings is 1. The van der Waals surface area contributed by atoms with E-state index in [0.29, 0.717) is 5.65 Å². The molecule has 3 rings (SSSR count). The van der Waals surface area contributed by atoms with Gasteiger partial charge < -0.3 is 5.32 Å². The van der Waals surface area contributed by atoms with Crippen LogP contribution >= 0.6 is 22.9 Å². The van der Waals surface area contributed by atoms with Crippen LogP contribution in [0.4, 0.5) is 5.82 Å². The van der Waals surface area contributed by atoms with Crippen molar-refractivity contribution >= 4 is 34.4 Å². The van der Waals surface area contributed by atoms with E-state index in [9.17, 15) is 0 Å². The van der Waals surface area contributed by atoms with Gasteiger partial charge in [0.2, 0.25) is 0 Å². The Bertz CT molecular complexity index is 663. The number of nitrogens with one attached hydrogen (secondary N) is 1. The third-order valence-electron chi connectivity index (χ3n) is 2.42. The molecule has 6 nitrogen and oxygen atoms in total. The lowest BCUT2D eigenvalue weighted by Crippen LogP contribution is -2.08. The molecule has 0 amide bonds. The molecular weight excluding hydrogens is 272 g/mol. The summed E-state index contributed by atoms with van der Waals surface area (Å²) >= 11 is 7.47. The van der Waals surface area contributed by atoms with E-state index in [-0.39, 0.29) is 0 Å². The lowest BCUT2D eigenvalue weighted by Gasteiger charge is -2.05. The van der Waals surface area contributed by atoms with Crippen LogP contribution in [0, 0.1) is 0 Å². The second kappa shape index (κ2) is 4.87. The molecule has 0 aliphatic heterocycles. The summed E-state index contributed by atoms with van der Waals surface area (Å²) in [7, 11) is 0. The number of hydrogen-bond donors (Lipinski definition) is 1. The van der Waals surface area contributed by atoms with E-state index in [0.717, 1.165) is 23.1 Å². The number of halogens is 1. The minimum Gasteiger partial charge on any atom is -0.368 e. The third kappa shape index (κ3) is 2.27. The highest BCUT2D eigenvalue weighted by Crippen LogP contribution is 2.21. The molecule has 0 aromatic carbocycles. The van der Waals surface area contributed by atoms with Crippen LogP contribution in [0.25, 0.3) is 5.65 Å². The summed E-state index contributed by atoms with van der Waals surface area (Å²) in [5.74, 6) is 0.778. The highest BCUT2D eigenvalue weighted by molar-refractivity contribution is 7.16. The van der Waals surface area contributed by atoms with Gasteiger partial charge in [-0.15, -0.1) is 16.4 Å². The highest BCUT2D eigenvalue weighted by atomic mass is 35.5. The summed E-state index contributed by atoms with van der Waals surface area (Å²) in [6.07, 6.45) is 4.21. The van der Waals surface area contributed by atoms with E-state index >= 15 is 0 Å². The van der Waals surface area contributed by atoms with E-state index in [1.54, 1.807) is 28.2 Å². The van der Waals surface area contributed by atoms with Gasteiger partial charge in [0, 0.05) is 11.4 Å². The fourth-order valence-corrected chi connectivity index (χ4v) is 2.68. The molecule has 3 aromatic rings. The van der Waals surface area contributed by atoms with Crippen LogP contribution in [0.2, 0.25) is 4.34 Å². The van der Waals surface area contributed by atoms with E-state index in [4.69, 9.17) is 11.6 Å². The summed E-state index contributed by atoms with van der Waals surface area (Å²) in [4.78, 5) is 5.31. The minimum atomic E-state index is 0.624. The quantitative estimate of drug-likeness (QED) is 0.790. The third-order valence-corrected chi connectivity index (χ3v) is 3.71. The molecule has 0 spiro atoms. The number of fused-ring (bicyclic) bond motifs is 1. The lowest BCUT2D eigenvalue weighted by molar-refractivity contribution is 0.818. The molecule has 0 atom stereocenters. The Kier molecular flexibility index (Phi) is 3.07. The minimum absolute atomic E-state index is 0.624. The van der Waals surface area contributed by atoms with Gasteiger partial charge in [-0.2, -0.15) is 4.52 Å². The van der Waals surface area contributed by atoms with E-state index in [1.807, 2.05) is 12.1 Å². The normalized spacial score (nSPS) is 10.9. The number of nitrogens with zero attached hydrogens (tertiary/aromatic N) is 5. The standard InChI is InChI=1S/C10H9ClN6S/c11-8-2-1-7(18-8)3-4-13-9-5-12-6-10-14-15-16-17(9)10/h1-2,5-6,13H,3-4H2. The van der Waals surface area contributed by atoms with Crippen LogP contribution in [-0.4, -0.2) is 31.6 Å². The molecule has 0 unspecified atom stereocenters. The summed E-state index contributed by atoms with van der Waals surface area (Å²) in [5.41, 5.74) is 0.624. The lowest BCUT2D eigenvalue weighted by atomic mass is 10.3. The molecule has 0 bridgehead atoms. The molecule has 1 N–H and O–H groups in total. The van der Waals surface area contributed by atoms with Crippen LogP contribution in [-0.2, 0) is 6.42 Å². The van der Waals surface area contributed by atoms with E-state index in [2.05, 4.69) is 25.8 Å². The molecule has 18 heavy (non-hydrogen) atoms. The van der Waals surface area contributed by atoms with Crippen molar-refractivity contribution in [2.75, 3.05) is 11.9 Å². The molecule has 0 aliphatic carbocycles. The van der Waals surface area contributed by atoms with Crippen LogP contribution in [0.1, 0.15) is 4.88 Å². The molecule has 8 heteroatoms. The summed E-state index contributed by atoms with van der Waals surface area (Å²) in [6.45, 7) is 0.775. The van der Waals surface area contributed by atoms with Crippen LogP contribution < -0.4 is 5.32 Å². The predicted molar refractivity (Wildman–Crippen MR) is 70.1 cm³/mol. The van der Waals surface area contributed by atoms with Crippen molar-refractivity contribution in [2.45, 2.75) is 6.42 Å². The maximum atomic E-state index is 5.88. The molecule has 0 saturated heterocycles. The zero-order valence-electron chi connectivity index (χ0n) is 9.25. The topological polar surface area (TPSA) is 68.0 Å². The number of anilines is 1. The predicted octanol–water partition coefficient (Wildman–Crippen LogP) is 1.89. The van der Waals surface area contributed by atoms with Crippen molar-refractivity contribution in [3.05, 3.63) is 33.7 Å². The second-order valence-electron chi connectivity index (χ2n) is 3.62. The van der Waals surface area contributed by atoms with Gasteiger partial charge in [-0.05, 0) is 29.0 Å². The first-order chi connectivity index (χ1) is 8.83. The van der Waals surface area contributed by atoms with Gasteiger partial charge in [0.25, 0.3) is 0 Å². The first-order valence-electron chi connectivity index (χ1n) is 5.33. The van der Waals surface area contributed by atoms with Crippen LogP contribution in [0.15, 0.2) is 24.5 Å². The van der Waals surface area contributed by atoms with Crippen molar-refractivity contribution in [1.29, 1.82) is 0 Å². The van der Waals surface area contributed by atoms with Crippen molar-refractivity contribution in [3.8, 4) is 0 Å². The van der Waals surface area contributed by atoms with Crippen LogP contribution in [0.3, 0.4) is 0 Å². The van der Waals surface area contributed by atoms with Gasteiger partial charge in [-0.1, -0.05) is 11.6 Å². The average Bonchev–Trinajstić information content (AvgIpc) is 2.98. The molecule has 3 heterocycles. The number of aromatic nitrogens is 5. The van der Waals surface area contributed by atoms with Gasteiger partial charge in [-0.25, -0.2) is 0 Å². The van der Waals surface area contributed by atoms with Crippen molar-refractivity contribution in [1.82, 2.24) is 25.0 Å².